The first-order valence-electron chi connectivity index (χ1n) is 4.28. The molecular formula is C10H10F3NO. The molecule has 0 radical (unpaired) electrons. The first-order chi connectivity index (χ1) is 6.99. The fourth-order valence-electron chi connectivity index (χ4n) is 0.934. The predicted octanol–water partition coefficient (Wildman–Crippen LogP) is 2.99. The number of halogens is 3. The molecule has 0 spiro atoms. The number of hydrogen-bond acceptors (Lipinski definition) is 2. The monoisotopic (exact) mass is 217 g/mol. The quantitative estimate of drug-likeness (QED) is 0.563. The SMILES string of the molecule is CC(=NOCC(F)(F)F)c1ccccc1. The van der Waals surface area contributed by atoms with Crippen molar-refractivity contribution in [2.45, 2.75) is 13.1 Å². The lowest BCUT2D eigenvalue weighted by Crippen LogP contribution is -2.15. The summed E-state index contributed by atoms with van der Waals surface area (Å²) in [6.07, 6.45) is -4.35. The Kier molecular flexibility index (Phi) is 3.71. The van der Waals surface area contributed by atoms with E-state index in [1.807, 2.05) is 6.07 Å². The molecule has 0 unspecified atom stereocenters. The number of alkyl halides is 3. The van der Waals surface area contributed by atoms with Crippen LogP contribution < -0.4 is 0 Å². The molecule has 0 heterocycles. The van der Waals surface area contributed by atoms with Gasteiger partial charge in [-0.1, -0.05) is 35.5 Å². The summed E-state index contributed by atoms with van der Waals surface area (Å²) in [6.45, 7) is 0.225. The van der Waals surface area contributed by atoms with E-state index in [-0.39, 0.29) is 0 Å². The van der Waals surface area contributed by atoms with E-state index in [2.05, 4.69) is 9.99 Å². The van der Waals surface area contributed by atoms with E-state index >= 15 is 0 Å². The maximum atomic E-state index is 11.7. The van der Waals surface area contributed by atoms with Gasteiger partial charge in [0.05, 0.1) is 5.71 Å². The summed E-state index contributed by atoms with van der Waals surface area (Å²) in [5, 5.41) is 3.38. The van der Waals surface area contributed by atoms with Gasteiger partial charge in [0.15, 0.2) is 0 Å². The van der Waals surface area contributed by atoms with Crippen LogP contribution in [0, 0.1) is 0 Å². The van der Waals surface area contributed by atoms with Crippen molar-refractivity contribution >= 4 is 5.71 Å². The molecule has 82 valence electrons. The number of hydrogen-bond donors (Lipinski definition) is 0. The molecule has 0 bridgehead atoms. The number of oxime groups is 1. The van der Waals surface area contributed by atoms with Crippen LogP contribution in [0.3, 0.4) is 0 Å². The van der Waals surface area contributed by atoms with Gasteiger partial charge in [0.1, 0.15) is 0 Å². The molecule has 0 amide bonds. The Hall–Kier alpha value is -1.52. The van der Waals surface area contributed by atoms with E-state index in [1.54, 1.807) is 31.2 Å². The standard InChI is InChI=1S/C10H10F3NO/c1-8(9-5-3-2-4-6-9)14-15-7-10(11,12)13/h2-6H,7H2,1H3. The third kappa shape index (κ3) is 4.49. The van der Waals surface area contributed by atoms with Gasteiger partial charge in [-0.05, 0) is 12.5 Å². The van der Waals surface area contributed by atoms with Gasteiger partial charge in [0.2, 0.25) is 6.61 Å². The van der Waals surface area contributed by atoms with Crippen LogP contribution in [0.5, 0.6) is 0 Å². The molecule has 0 fully saturated rings. The van der Waals surface area contributed by atoms with Crippen molar-refractivity contribution in [2.24, 2.45) is 5.16 Å². The molecule has 1 aromatic carbocycles. The minimum absolute atomic E-state index is 0.417. The van der Waals surface area contributed by atoms with Crippen LogP contribution >= 0.6 is 0 Å². The summed E-state index contributed by atoms with van der Waals surface area (Å²) in [7, 11) is 0. The van der Waals surface area contributed by atoms with Gasteiger partial charge in [0, 0.05) is 0 Å². The third-order valence-electron chi connectivity index (χ3n) is 1.62. The molecule has 0 aliphatic carbocycles. The molecule has 0 aliphatic rings. The average molecular weight is 217 g/mol. The van der Waals surface area contributed by atoms with Gasteiger partial charge in [-0.15, -0.1) is 0 Å². The van der Waals surface area contributed by atoms with E-state index in [4.69, 9.17) is 0 Å². The Labute approximate surface area is 85.4 Å². The van der Waals surface area contributed by atoms with Gasteiger partial charge in [0.25, 0.3) is 0 Å². The summed E-state index contributed by atoms with van der Waals surface area (Å²) in [5.41, 5.74) is 1.15. The number of benzene rings is 1. The van der Waals surface area contributed by atoms with Crippen molar-refractivity contribution in [3.05, 3.63) is 35.9 Å². The van der Waals surface area contributed by atoms with Crippen molar-refractivity contribution in [3.8, 4) is 0 Å². The van der Waals surface area contributed by atoms with Crippen molar-refractivity contribution in [1.29, 1.82) is 0 Å². The first-order valence-corrected chi connectivity index (χ1v) is 4.28. The van der Waals surface area contributed by atoms with Crippen LogP contribution in [0.25, 0.3) is 0 Å². The highest BCUT2D eigenvalue weighted by Gasteiger charge is 2.28. The molecular weight excluding hydrogens is 207 g/mol. The van der Waals surface area contributed by atoms with Crippen LogP contribution in [0.2, 0.25) is 0 Å². The number of rotatable bonds is 3. The average Bonchev–Trinajstić information content (AvgIpc) is 2.17. The van der Waals surface area contributed by atoms with E-state index in [9.17, 15) is 13.2 Å². The van der Waals surface area contributed by atoms with E-state index in [1.165, 1.54) is 0 Å². The molecule has 0 saturated carbocycles. The Morgan fingerprint density at radius 1 is 1.27 bits per heavy atom. The molecule has 5 heteroatoms. The third-order valence-corrected chi connectivity index (χ3v) is 1.62. The largest absolute Gasteiger partial charge is 0.425 e. The van der Waals surface area contributed by atoms with Gasteiger partial charge >= 0.3 is 6.18 Å². The normalized spacial score (nSPS) is 12.7. The molecule has 0 aromatic heterocycles. The molecule has 15 heavy (non-hydrogen) atoms. The summed E-state index contributed by atoms with van der Waals surface area (Å²) >= 11 is 0. The highest BCUT2D eigenvalue weighted by molar-refractivity contribution is 5.98. The van der Waals surface area contributed by atoms with Crippen molar-refractivity contribution in [2.75, 3.05) is 6.61 Å². The predicted molar refractivity (Wildman–Crippen MR) is 50.7 cm³/mol. The van der Waals surface area contributed by atoms with Crippen LogP contribution in [0.1, 0.15) is 12.5 Å². The number of nitrogens with zero attached hydrogens (tertiary/aromatic N) is 1. The van der Waals surface area contributed by atoms with E-state index in [0.717, 1.165) is 5.56 Å². The van der Waals surface area contributed by atoms with Crippen LogP contribution in [-0.2, 0) is 4.84 Å². The molecule has 1 aromatic rings. The van der Waals surface area contributed by atoms with E-state index < -0.39 is 12.8 Å². The summed E-state index contributed by atoms with van der Waals surface area (Å²) in [5.74, 6) is 0. The summed E-state index contributed by atoms with van der Waals surface area (Å²) in [4.78, 5) is 4.18. The zero-order valence-electron chi connectivity index (χ0n) is 8.08. The second kappa shape index (κ2) is 4.82. The fraction of sp³-hybridized carbons (Fsp3) is 0.300. The van der Waals surface area contributed by atoms with Gasteiger partial charge in [-0.25, -0.2) is 0 Å². The maximum Gasteiger partial charge on any atom is 0.425 e. The van der Waals surface area contributed by atoms with Crippen molar-refractivity contribution < 1.29 is 18.0 Å². The second-order valence-corrected chi connectivity index (χ2v) is 2.93. The van der Waals surface area contributed by atoms with Crippen LogP contribution in [0.15, 0.2) is 35.5 Å². The Bertz CT molecular complexity index is 332. The van der Waals surface area contributed by atoms with Gasteiger partial charge < -0.3 is 4.84 Å². The molecule has 0 atom stereocenters. The van der Waals surface area contributed by atoms with Gasteiger partial charge in [-0.2, -0.15) is 13.2 Å². The molecule has 1 rings (SSSR count). The lowest BCUT2D eigenvalue weighted by molar-refractivity contribution is -0.173. The summed E-state index contributed by atoms with van der Waals surface area (Å²) < 4.78 is 35.1. The van der Waals surface area contributed by atoms with Crippen LogP contribution in [-0.4, -0.2) is 18.5 Å². The first kappa shape index (κ1) is 11.6. The fourth-order valence-corrected chi connectivity index (χ4v) is 0.934. The summed E-state index contributed by atoms with van der Waals surface area (Å²) in [6, 6.07) is 8.86. The Balaban J connectivity index is 2.54. The highest BCUT2D eigenvalue weighted by Crippen LogP contribution is 2.14. The van der Waals surface area contributed by atoms with E-state index in [0.29, 0.717) is 5.71 Å². The topological polar surface area (TPSA) is 21.6 Å². The minimum atomic E-state index is -4.35. The Morgan fingerprint density at radius 3 is 2.40 bits per heavy atom. The zero-order valence-corrected chi connectivity index (χ0v) is 8.08. The zero-order chi connectivity index (χ0) is 11.3. The smallest absolute Gasteiger partial charge is 0.386 e. The highest BCUT2D eigenvalue weighted by atomic mass is 19.4. The molecule has 0 aliphatic heterocycles. The molecule has 2 nitrogen and oxygen atoms in total. The maximum absolute atomic E-state index is 11.7. The van der Waals surface area contributed by atoms with Crippen LogP contribution in [0.4, 0.5) is 13.2 Å². The van der Waals surface area contributed by atoms with Crippen molar-refractivity contribution in [3.63, 3.8) is 0 Å². The second-order valence-electron chi connectivity index (χ2n) is 2.93. The van der Waals surface area contributed by atoms with Crippen molar-refractivity contribution in [1.82, 2.24) is 0 Å². The minimum Gasteiger partial charge on any atom is -0.386 e. The Morgan fingerprint density at radius 2 is 1.87 bits per heavy atom. The lowest BCUT2D eigenvalue weighted by atomic mass is 10.1. The molecule has 0 N–H and O–H groups in total. The van der Waals surface area contributed by atoms with Gasteiger partial charge in [-0.3, -0.25) is 0 Å². The molecule has 0 saturated heterocycles. The lowest BCUT2D eigenvalue weighted by Gasteiger charge is -2.05.